The number of anilines is 6. The third-order valence-corrected chi connectivity index (χ3v) is 10.1. The summed E-state index contributed by atoms with van der Waals surface area (Å²) in [5.74, 6) is 0. The van der Waals surface area contributed by atoms with Crippen molar-refractivity contribution in [3.05, 3.63) is 125 Å². The molecule has 0 saturated heterocycles. The van der Waals surface area contributed by atoms with Gasteiger partial charge in [-0.15, -0.1) is 11.3 Å². The highest BCUT2D eigenvalue weighted by atomic mass is 32.1. The van der Waals surface area contributed by atoms with Gasteiger partial charge in [0.05, 0.1) is 25.6 Å². The SMILES string of the molecule is [2H]c1c([2H])c(C(C)(C)C)c([2H])c2c1B1c3c(cc(C([2H])([2H])[2H])cc3N2c2c([2H])c([2H])c(C(C)(C)C)c([2H])c2[2H])N(c2c([2H])c([2H])c(C(C)(C)C)c([2H])c2[2H])c2sc3c([2H])c([2H])c([2H])c([2H])c3c21. The first kappa shape index (κ1) is 17.6. The Labute approximate surface area is 322 Å². The van der Waals surface area contributed by atoms with Crippen LogP contribution in [-0.4, -0.2) is 6.71 Å². The monoisotopic (exact) mass is 676 g/mol. The number of fused-ring (bicyclic) bond motifs is 6. The first-order valence-electron chi connectivity index (χ1n) is 25.3. The maximum absolute atomic E-state index is 10.0. The first-order valence-corrected chi connectivity index (χ1v) is 17.1. The minimum atomic E-state index is -2.93. The van der Waals surface area contributed by atoms with Gasteiger partial charge >= 0.3 is 0 Å². The van der Waals surface area contributed by atoms with E-state index in [2.05, 4.69) is 0 Å². The fraction of sp³-hybridized carbons (Fsp3) is 0.289. The Morgan fingerprint density at radius 3 is 1.69 bits per heavy atom. The third kappa shape index (κ3) is 5.14. The summed E-state index contributed by atoms with van der Waals surface area (Å²) in [6, 6.07) is -4.45. The zero-order chi connectivity index (χ0) is 50.2. The van der Waals surface area contributed by atoms with Crippen LogP contribution in [0.4, 0.5) is 33.4 Å². The summed E-state index contributed by atoms with van der Waals surface area (Å²) in [6.45, 7) is 11.4. The zero-order valence-electron chi connectivity index (χ0n) is 47.0. The normalized spacial score (nSPS) is 19.7. The van der Waals surface area contributed by atoms with Gasteiger partial charge in [0.2, 0.25) is 0 Å². The summed E-state index contributed by atoms with van der Waals surface area (Å²) in [5.41, 5.74) is -3.84. The molecule has 0 radical (unpaired) electrons. The number of hydrogen-bond acceptors (Lipinski definition) is 3. The van der Waals surface area contributed by atoms with E-state index >= 15 is 0 Å². The molecule has 0 spiro atoms. The summed E-state index contributed by atoms with van der Waals surface area (Å²) >= 11 is 0.845. The number of aryl methyl sites for hydroxylation is 1. The molecule has 0 bridgehead atoms. The molecule has 4 heteroatoms. The molecular formula is C45H47BN2S. The second-order valence-electron chi connectivity index (χ2n) is 15.8. The van der Waals surface area contributed by atoms with Gasteiger partial charge in [0, 0.05) is 37.2 Å². The molecule has 0 saturated carbocycles. The number of rotatable bonds is 2. The Balaban J connectivity index is 1.71. The van der Waals surface area contributed by atoms with Crippen molar-refractivity contribution in [2.24, 2.45) is 0 Å². The summed E-state index contributed by atoms with van der Waals surface area (Å²) in [4.78, 5) is 2.56. The van der Waals surface area contributed by atoms with Crippen molar-refractivity contribution in [2.45, 2.75) is 85.4 Å². The van der Waals surface area contributed by atoms with Gasteiger partial charge in [-0.05, 0) is 116 Å². The Morgan fingerprint density at radius 2 is 1.12 bits per heavy atom. The lowest BCUT2D eigenvalue weighted by atomic mass is 9.33. The smallest absolute Gasteiger partial charge is 0.254 e. The number of thiophene rings is 1. The van der Waals surface area contributed by atoms with E-state index in [1.807, 2.05) is 0 Å². The molecule has 0 amide bonds. The summed E-state index contributed by atoms with van der Waals surface area (Å²) in [5, 5.41) is 0.0163. The van der Waals surface area contributed by atoms with E-state index in [9.17, 15) is 16.4 Å². The second-order valence-corrected chi connectivity index (χ2v) is 16.8. The molecule has 5 aromatic carbocycles. The maximum atomic E-state index is 10.0. The van der Waals surface area contributed by atoms with E-state index in [1.165, 1.54) is 21.9 Å². The van der Waals surface area contributed by atoms with E-state index in [-0.39, 0.29) is 88.6 Å². The van der Waals surface area contributed by atoms with E-state index in [1.54, 1.807) is 62.3 Å². The third-order valence-electron chi connectivity index (χ3n) is 9.00. The van der Waals surface area contributed by atoms with Crippen molar-refractivity contribution >= 4 is 78.0 Å². The van der Waals surface area contributed by atoms with Gasteiger partial charge in [-0.1, -0.05) is 117 Å². The van der Waals surface area contributed by atoms with Crippen LogP contribution in [-0.2, 0) is 16.2 Å². The highest BCUT2D eigenvalue weighted by Gasteiger charge is 2.45. The van der Waals surface area contributed by atoms with Gasteiger partial charge in [-0.25, -0.2) is 0 Å². The van der Waals surface area contributed by atoms with Gasteiger partial charge in [-0.3, -0.25) is 0 Å². The number of benzene rings is 5. The molecule has 0 unspecified atom stereocenters. The van der Waals surface area contributed by atoms with Crippen LogP contribution in [0.15, 0.2) is 103 Å². The van der Waals surface area contributed by atoms with Gasteiger partial charge in [0.15, 0.2) is 0 Å². The largest absolute Gasteiger partial charge is 0.311 e. The van der Waals surface area contributed by atoms with Crippen LogP contribution in [0.5, 0.6) is 0 Å². The van der Waals surface area contributed by atoms with Crippen LogP contribution in [0.2, 0.25) is 0 Å². The van der Waals surface area contributed by atoms with Crippen LogP contribution >= 0.6 is 11.3 Å². The van der Waals surface area contributed by atoms with Crippen LogP contribution in [0, 0.1) is 6.85 Å². The second kappa shape index (κ2) is 10.9. The zero-order valence-corrected chi connectivity index (χ0v) is 29.9. The minimum absolute atomic E-state index is 0.0179. The predicted octanol–water partition coefficient (Wildman–Crippen LogP) is 11.2. The molecule has 0 fully saturated rings. The van der Waals surface area contributed by atoms with Crippen LogP contribution in [0.1, 0.15) is 109 Å². The summed E-state index contributed by atoms with van der Waals surface area (Å²) in [6.07, 6.45) is 0. The number of hydrogen-bond donors (Lipinski definition) is 0. The molecule has 3 heterocycles. The molecule has 1 aromatic heterocycles. The standard InChI is InChI=1S/C45H47BN2S/c1-28-25-37-41-38(26-28)48(33-22-17-30(18-23-33)44(5,6)7)42-40(34-13-11-12-14-39(34)49-42)46(41)35-24-19-31(45(8,9)10)27-36(35)47(37)32-20-15-29(16-21-32)43(2,3)4/h11-27H,1-10H3/i1D3,11D,12D,13D,14D,15D,16D,17D,18D,19D,20D,21D,22D,23D,24D,27D. The summed E-state index contributed by atoms with van der Waals surface area (Å²) < 4.78 is 168. The Bertz CT molecular complexity index is 3150. The Hall–Kier alpha value is -4.28. The van der Waals surface area contributed by atoms with Gasteiger partial charge < -0.3 is 9.80 Å². The molecule has 2 aliphatic rings. The van der Waals surface area contributed by atoms with Crippen molar-refractivity contribution in [1.29, 1.82) is 0 Å². The maximum Gasteiger partial charge on any atom is 0.254 e. The fourth-order valence-corrected chi connectivity index (χ4v) is 7.59. The van der Waals surface area contributed by atoms with E-state index in [0.717, 1.165) is 11.3 Å². The van der Waals surface area contributed by atoms with E-state index in [4.69, 9.17) is 8.22 Å². The lowest BCUT2D eigenvalue weighted by Crippen LogP contribution is -2.61. The lowest BCUT2D eigenvalue weighted by molar-refractivity contribution is 0.590. The van der Waals surface area contributed by atoms with Gasteiger partial charge in [0.1, 0.15) is 0 Å². The lowest BCUT2D eigenvalue weighted by Gasteiger charge is -2.44. The average Bonchev–Trinajstić information content (AvgIpc) is 3.60. The number of nitrogens with zero attached hydrogens (tertiary/aromatic N) is 2. The molecular weight excluding hydrogens is 611 g/mol. The van der Waals surface area contributed by atoms with Crippen molar-refractivity contribution in [2.75, 3.05) is 9.80 Å². The van der Waals surface area contributed by atoms with Crippen molar-refractivity contribution in [3.8, 4) is 0 Å². The van der Waals surface area contributed by atoms with Crippen molar-refractivity contribution < 1.29 is 24.7 Å². The highest BCUT2D eigenvalue weighted by Crippen LogP contribution is 2.48. The molecule has 8 rings (SSSR count). The van der Waals surface area contributed by atoms with Crippen LogP contribution < -0.4 is 26.2 Å². The van der Waals surface area contributed by atoms with E-state index in [0.29, 0.717) is 0 Å². The van der Waals surface area contributed by atoms with Crippen molar-refractivity contribution in [3.63, 3.8) is 0 Å². The van der Waals surface area contributed by atoms with Gasteiger partial charge in [-0.2, -0.15) is 0 Å². The van der Waals surface area contributed by atoms with E-state index < -0.39 is 114 Å². The molecule has 2 nitrogen and oxygen atoms in total. The molecule has 0 atom stereocenters. The molecule has 6 aromatic rings. The van der Waals surface area contributed by atoms with Crippen LogP contribution in [0.3, 0.4) is 0 Å². The summed E-state index contributed by atoms with van der Waals surface area (Å²) in [7, 11) is 0. The topological polar surface area (TPSA) is 6.48 Å². The molecule has 49 heavy (non-hydrogen) atoms. The Kier molecular flexibility index (Phi) is 3.90. The van der Waals surface area contributed by atoms with Crippen molar-refractivity contribution in [1.82, 2.24) is 0 Å². The minimum Gasteiger partial charge on any atom is -0.311 e. The van der Waals surface area contributed by atoms with Crippen LogP contribution in [0.25, 0.3) is 10.1 Å². The highest BCUT2D eigenvalue weighted by molar-refractivity contribution is 7.26. The molecule has 2 aliphatic heterocycles. The first-order chi connectivity index (χ1) is 30.6. The molecule has 0 aliphatic carbocycles. The Morgan fingerprint density at radius 1 is 0.592 bits per heavy atom. The van der Waals surface area contributed by atoms with Gasteiger partial charge in [0.25, 0.3) is 6.71 Å². The quantitative estimate of drug-likeness (QED) is 0.168. The molecule has 0 N–H and O–H groups in total. The fourth-order valence-electron chi connectivity index (χ4n) is 6.42. The predicted molar refractivity (Wildman–Crippen MR) is 217 cm³/mol. The average molecular weight is 677 g/mol. The molecule has 246 valence electrons.